The van der Waals surface area contributed by atoms with Crippen LogP contribution in [-0.2, 0) is 0 Å². The van der Waals surface area contributed by atoms with Crippen molar-refractivity contribution in [1.82, 2.24) is 0 Å². The van der Waals surface area contributed by atoms with Gasteiger partial charge in [-0.2, -0.15) is 0 Å². The molecular formula is C9H9ClNO3. The highest BCUT2D eigenvalue weighted by Crippen LogP contribution is 2.27. The highest BCUT2D eigenvalue weighted by atomic mass is 35.5. The first kappa shape index (κ1) is 10.9. The Balaban J connectivity index is 3.06. The third kappa shape index (κ3) is 2.21. The molecule has 0 aliphatic heterocycles. The normalized spacial score (nSPS) is 10.6. The lowest BCUT2D eigenvalue weighted by Gasteiger charge is -2.07. The maximum Gasteiger partial charge on any atom is 0.287 e. The first-order chi connectivity index (χ1) is 6.56. The van der Waals surface area contributed by atoms with E-state index in [1.165, 1.54) is 12.1 Å². The van der Waals surface area contributed by atoms with Gasteiger partial charge >= 0.3 is 0 Å². The zero-order valence-corrected chi connectivity index (χ0v) is 8.28. The minimum atomic E-state index is -0.541. The van der Waals surface area contributed by atoms with Crippen LogP contribution in [0, 0.1) is 16.0 Å². The number of rotatable bonds is 3. The molecule has 0 aliphatic rings. The number of hydrogen-bond acceptors (Lipinski definition) is 3. The number of benzene rings is 1. The van der Waals surface area contributed by atoms with E-state index in [1.807, 2.05) is 0 Å². The monoisotopic (exact) mass is 214 g/mol. The molecule has 1 rings (SSSR count). The fraction of sp³-hybridized carbons (Fsp3) is 0.222. The summed E-state index contributed by atoms with van der Waals surface area (Å²) in [6, 6.07) is 4.37. The molecule has 1 N–H and O–H groups in total. The van der Waals surface area contributed by atoms with E-state index < -0.39 is 4.92 Å². The molecule has 0 fully saturated rings. The maximum absolute atomic E-state index is 10.4. The first-order valence-corrected chi connectivity index (χ1v) is 4.31. The van der Waals surface area contributed by atoms with Crippen molar-refractivity contribution in [3.05, 3.63) is 44.8 Å². The van der Waals surface area contributed by atoms with Gasteiger partial charge < -0.3 is 5.11 Å². The number of nitrogens with zero attached hydrogens (tertiary/aromatic N) is 1. The van der Waals surface area contributed by atoms with Crippen LogP contribution in [0.25, 0.3) is 0 Å². The Bertz CT molecular complexity index is 354. The predicted molar refractivity (Wildman–Crippen MR) is 53.2 cm³/mol. The van der Waals surface area contributed by atoms with Crippen LogP contribution >= 0.6 is 11.6 Å². The molecule has 14 heavy (non-hydrogen) atoms. The Morgan fingerprint density at radius 3 is 2.71 bits per heavy atom. The van der Waals surface area contributed by atoms with Crippen molar-refractivity contribution in [1.29, 1.82) is 0 Å². The molecule has 1 radical (unpaired) electrons. The van der Waals surface area contributed by atoms with Crippen LogP contribution in [0.4, 0.5) is 5.69 Å². The zero-order chi connectivity index (χ0) is 10.7. The largest absolute Gasteiger partial charge is 0.395 e. The minimum absolute atomic E-state index is 0.0836. The van der Waals surface area contributed by atoms with Crippen molar-refractivity contribution in [2.45, 2.75) is 6.92 Å². The Morgan fingerprint density at radius 2 is 2.29 bits per heavy atom. The number of halogens is 1. The molecule has 0 aromatic heterocycles. The van der Waals surface area contributed by atoms with Crippen LogP contribution in [-0.4, -0.2) is 16.6 Å². The zero-order valence-electron chi connectivity index (χ0n) is 7.53. The molecule has 0 spiro atoms. The average molecular weight is 215 g/mol. The SMILES string of the molecule is C[C](CO)c1ccc([N+](=O)[O-])c(Cl)c1. The summed E-state index contributed by atoms with van der Waals surface area (Å²) in [6.45, 7) is 1.64. The first-order valence-electron chi connectivity index (χ1n) is 3.94. The van der Waals surface area contributed by atoms with E-state index in [4.69, 9.17) is 16.7 Å². The average Bonchev–Trinajstić information content (AvgIpc) is 2.15. The molecule has 1 aromatic carbocycles. The van der Waals surface area contributed by atoms with Crippen LogP contribution in [0.5, 0.6) is 0 Å². The van der Waals surface area contributed by atoms with Crippen molar-refractivity contribution >= 4 is 17.3 Å². The standard InChI is InChI=1S/C9H9ClNO3/c1-6(5-12)7-2-3-9(11(13)14)8(10)4-7/h2-4,12H,5H2,1H3. The molecule has 1 aromatic rings. The lowest BCUT2D eigenvalue weighted by molar-refractivity contribution is -0.384. The van der Waals surface area contributed by atoms with E-state index in [-0.39, 0.29) is 17.3 Å². The van der Waals surface area contributed by atoms with E-state index in [0.717, 1.165) is 5.92 Å². The molecule has 5 heteroatoms. The Morgan fingerprint density at radius 1 is 1.64 bits per heavy atom. The van der Waals surface area contributed by atoms with Crippen LogP contribution in [0.1, 0.15) is 12.5 Å². The number of aliphatic hydroxyl groups is 1. The Labute approximate surface area is 86.3 Å². The second-order valence-electron chi connectivity index (χ2n) is 2.86. The lowest BCUT2D eigenvalue weighted by atomic mass is 10.0. The van der Waals surface area contributed by atoms with Crippen LogP contribution < -0.4 is 0 Å². The molecule has 0 heterocycles. The summed E-state index contributed by atoms with van der Waals surface area (Å²) < 4.78 is 0. The van der Waals surface area contributed by atoms with Gasteiger partial charge in [0.25, 0.3) is 5.69 Å². The van der Waals surface area contributed by atoms with Crippen molar-refractivity contribution < 1.29 is 10.0 Å². The van der Waals surface area contributed by atoms with E-state index in [1.54, 1.807) is 13.0 Å². The van der Waals surface area contributed by atoms with Gasteiger partial charge in [0, 0.05) is 12.0 Å². The van der Waals surface area contributed by atoms with Gasteiger partial charge in [0.15, 0.2) is 0 Å². The predicted octanol–water partition coefficient (Wildman–Crippen LogP) is 2.18. The summed E-state index contributed by atoms with van der Waals surface area (Å²) in [6.07, 6.45) is 0. The molecule has 4 nitrogen and oxygen atoms in total. The molecule has 0 saturated carbocycles. The summed E-state index contributed by atoms with van der Waals surface area (Å²) in [5.41, 5.74) is 0.587. The highest BCUT2D eigenvalue weighted by Gasteiger charge is 2.14. The Kier molecular flexibility index (Phi) is 3.43. The quantitative estimate of drug-likeness (QED) is 0.620. The molecule has 0 saturated heterocycles. The van der Waals surface area contributed by atoms with Gasteiger partial charge in [0.2, 0.25) is 0 Å². The van der Waals surface area contributed by atoms with Gasteiger partial charge in [-0.15, -0.1) is 0 Å². The number of aliphatic hydroxyl groups excluding tert-OH is 1. The van der Waals surface area contributed by atoms with Crippen molar-refractivity contribution in [2.24, 2.45) is 0 Å². The molecule has 0 aliphatic carbocycles. The van der Waals surface area contributed by atoms with Crippen LogP contribution in [0.2, 0.25) is 5.02 Å². The summed E-state index contributed by atoms with van der Waals surface area (Å²) in [5.74, 6) is 0.724. The second-order valence-corrected chi connectivity index (χ2v) is 3.27. The van der Waals surface area contributed by atoms with E-state index in [0.29, 0.717) is 5.56 Å². The van der Waals surface area contributed by atoms with Crippen molar-refractivity contribution in [3.63, 3.8) is 0 Å². The minimum Gasteiger partial charge on any atom is -0.395 e. The molecule has 0 atom stereocenters. The molecule has 75 valence electrons. The topological polar surface area (TPSA) is 63.4 Å². The van der Waals surface area contributed by atoms with Gasteiger partial charge in [-0.05, 0) is 11.6 Å². The molecule has 0 bridgehead atoms. The molecular weight excluding hydrogens is 206 g/mol. The summed E-state index contributed by atoms with van der Waals surface area (Å²) in [5, 5.41) is 19.4. The van der Waals surface area contributed by atoms with Gasteiger partial charge in [-0.1, -0.05) is 24.6 Å². The summed E-state index contributed by atoms with van der Waals surface area (Å²) in [4.78, 5) is 9.90. The molecule has 0 amide bonds. The number of nitro groups is 1. The Hall–Kier alpha value is -1.13. The van der Waals surface area contributed by atoms with Crippen molar-refractivity contribution in [2.75, 3.05) is 6.61 Å². The van der Waals surface area contributed by atoms with Gasteiger partial charge in [-0.3, -0.25) is 10.1 Å². The number of nitro benzene ring substituents is 1. The smallest absolute Gasteiger partial charge is 0.287 e. The summed E-state index contributed by atoms with van der Waals surface area (Å²) >= 11 is 5.69. The van der Waals surface area contributed by atoms with Crippen LogP contribution in [0.3, 0.4) is 0 Å². The van der Waals surface area contributed by atoms with Crippen LogP contribution in [0.15, 0.2) is 18.2 Å². The highest BCUT2D eigenvalue weighted by molar-refractivity contribution is 6.32. The maximum atomic E-state index is 10.4. The summed E-state index contributed by atoms with van der Waals surface area (Å²) in [7, 11) is 0. The number of hydrogen-bond donors (Lipinski definition) is 1. The van der Waals surface area contributed by atoms with Gasteiger partial charge in [-0.25, -0.2) is 0 Å². The van der Waals surface area contributed by atoms with Gasteiger partial charge in [0.1, 0.15) is 5.02 Å². The fourth-order valence-corrected chi connectivity index (χ4v) is 1.26. The fourth-order valence-electron chi connectivity index (χ4n) is 1.01. The third-order valence-corrected chi connectivity index (χ3v) is 2.18. The third-order valence-electron chi connectivity index (χ3n) is 1.87. The second kappa shape index (κ2) is 4.39. The van der Waals surface area contributed by atoms with Gasteiger partial charge in [0.05, 0.1) is 11.5 Å². The van der Waals surface area contributed by atoms with Crippen molar-refractivity contribution in [3.8, 4) is 0 Å². The van der Waals surface area contributed by atoms with E-state index >= 15 is 0 Å². The van der Waals surface area contributed by atoms with E-state index in [2.05, 4.69) is 0 Å². The lowest BCUT2D eigenvalue weighted by Crippen LogP contribution is -2.00. The molecule has 0 unspecified atom stereocenters. The van der Waals surface area contributed by atoms with E-state index in [9.17, 15) is 10.1 Å².